The van der Waals surface area contributed by atoms with Crippen LogP contribution in [0.5, 0.6) is 0 Å². The first-order valence-electron chi connectivity index (χ1n) is 6.21. The van der Waals surface area contributed by atoms with Gasteiger partial charge in [0.15, 0.2) is 5.65 Å². The number of rotatable bonds is 3. The third-order valence-corrected chi connectivity index (χ3v) is 3.22. The van der Waals surface area contributed by atoms with Gasteiger partial charge in [0.2, 0.25) is 0 Å². The number of fused-ring (bicyclic) bond motifs is 1. The largest absolute Gasteiger partial charge is 0.315 e. The quantitative estimate of drug-likeness (QED) is 0.737. The van der Waals surface area contributed by atoms with Gasteiger partial charge in [0, 0.05) is 12.6 Å². The van der Waals surface area contributed by atoms with Crippen LogP contribution in [0, 0.1) is 18.6 Å². The van der Waals surface area contributed by atoms with Crippen LogP contribution in [0.15, 0.2) is 30.9 Å². The summed E-state index contributed by atoms with van der Waals surface area (Å²) < 4.78 is 28.2. The van der Waals surface area contributed by atoms with Gasteiger partial charge in [-0.15, -0.1) is 0 Å². The second kappa shape index (κ2) is 4.96. The highest BCUT2D eigenvalue weighted by Crippen LogP contribution is 2.15. The van der Waals surface area contributed by atoms with Crippen molar-refractivity contribution in [3.8, 4) is 0 Å². The summed E-state index contributed by atoms with van der Waals surface area (Å²) in [4.78, 5) is 12.5. The summed E-state index contributed by atoms with van der Waals surface area (Å²) in [5, 5.41) is 0. The molecule has 0 amide bonds. The fourth-order valence-corrected chi connectivity index (χ4v) is 2.13. The van der Waals surface area contributed by atoms with E-state index in [4.69, 9.17) is 0 Å². The minimum atomic E-state index is -0.567. The normalized spacial score (nSPS) is 11.2. The molecule has 2 heterocycles. The smallest absolute Gasteiger partial charge is 0.163 e. The molecule has 3 rings (SSSR count). The molecule has 0 fully saturated rings. The lowest BCUT2D eigenvalue weighted by molar-refractivity contribution is 0.564. The van der Waals surface area contributed by atoms with E-state index in [9.17, 15) is 8.78 Å². The molecule has 0 atom stereocenters. The van der Waals surface area contributed by atoms with Crippen molar-refractivity contribution in [2.24, 2.45) is 0 Å². The summed E-state index contributed by atoms with van der Waals surface area (Å²) in [6.45, 7) is 2.39. The van der Waals surface area contributed by atoms with Gasteiger partial charge in [-0.25, -0.2) is 23.7 Å². The Labute approximate surface area is 114 Å². The molecule has 0 unspecified atom stereocenters. The second-order valence-electron chi connectivity index (χ2n) is 4.55. The number of nitrogens with zero attached hydrogens (tertiary/aromatic N) is 4. The molecule has 20 heavy (non-hydrogen) atoms. The Balaban J connectivity index is 1.85. The maximum atomic E-state index is 13.6. The number of halogens is 2. The first-order chi connectivity index (χ1) is 9.65. The molecule has 0 N–H and O–H groups in total. The van der Waals surface area contributed by atoms with E-state index in [2.05, 4.69) is 15.0 Å². The number of aromatic nitrogens is 4. The van der Waals surface area contributed by atoms with Gasteiger partial charge in [0.1, 0.15) is 23.5 Å². The summed E-state index contributed by atoms with van der Waals surface area (Å²) in [6.07, 6.45) is 3.59. The molecule has 0 bridgehead atoms. The third kappa shape index (κ3) is 2.24. The second-order valence-corrected chi connectivity index (χ2v) is 4.55. The van der Waals surface area contributed by atoms with Gasteiger partial charge in [-0.3, -0.25) is 0 Å². The number of benzene rings is 1. The Kier molecular flexibility index (Phi) is 3.14. The van der Waals surface area contributed by atoms with Gasteiger partial charge < -0.3 is 4.57 Å². The molecule has 0 aliphatic rings. The monoisotopic (exact) mass is 274 g/mol. The minimum absolute atomic E-state index is 0.445. The van der Waals surface area contributed by atoms with Crippen molar-refractivity contribution in [1.82, 2.24) is 19.5 Å². The molecule has 0 spiro atoms. The van der Waals surface area contributed by atoms with Crippen molar-refractivity contribution in [2.75, 3.05) is 0 Å². The predicted molar refractivity (Wildman–Crippen MR) is 70.1 cm³/mol. The molecular formula is C14H12F2N4. The topological polar surface area (TPSA) is 43.6 Å². The van der Waals surface area contributed by atoms with Crippen LogP contribution in [-0.4, -0.2) is 19.5 Å². The number of aryl methyl sites for hydroxylation is 3. The summed E-state index contributed by atoms with van der Waals surface area (Å²) in [7, 11) is 0. The van der Waals surface area contributed by atoms with Gasteiger partial charge in [-0.05, 0) is 25.0 Å². The zero-order valence-electron chi connectivity index (χ0n) is 10.8. The average molecular weight is 274 g/mol. The fourth-order valence-electron chi connectivity index (χ4n) is 2.13. The number of hydrogen-bond donors (Lipinski definition) is 0. The zero-order chi connectivity index (χ0) is 14.1. The molecule has 2 aromatic heterocycles. The van der Waals surface area contributed by atoms with Crippen molar-refractivity contribution in [2.45, 2.75) is 19.9 Å². The van der Waals surface area contributed by atoms with E-state index in [1.54, 1.807) is 6.33 Å². The highest BCUT2D eigenvalue weighted by molar-refractivity contribution is 5.72. The van der Waals surface area contributed by atoms with E-state index < -0.39 is 11.6 Å². The van der Waals surface area contributed by atoms with Crippen molar-refractivity contribution < 1.29 is 8.78 Å². The molecule has 0 radical (unpaired) electrons. The summed E-state index contributed by atoms with van der Waals surface area (Å²) in [5.74, 6) is -1.09. The van der Waals surface area contributed by atoms with Gasteiger partial charge >= 0.3 is 0 Å². The summed E-state index contributed by atoms with van der Waals surface area (Å²) in [5.41, 5.74) is 2.74. The van der Waals surface area contributed by atoms with Crippen LogP contribution in [0.1, 0.15) is 11.3 Å². The van der Waals surface area contributed by atoms with Crippen LogP contribution in [-0.2, 0) is 13.0 Å². The van der Waals surface area contributed by atoms with Crippen molar-refractivity contribution in [1.29, 1.82) is 0 Å². The lowest BCUT2D eigenvalue weighted by atomic mass is 10.1. The van der Waals surface area contributed by atoms with Gasteiger partial charge in [-0.2, -0.15) is 0 Å². The van der Waals surface area contributed by atoms with Gasteiger partial charge in [-0.1, -0.05) is 6.07 Å². The summed E-state index contributed by atoms with van der Waals surface area (Å²) in [6, 6.07) is 3.62. The standard InChI is InChI=1S/C14H12F2N4/c1-9-13-14(18-7-17-9)20(8-19-13)5-4-10-2-3-11(15)6-12(10)16/h2-3,6-8H,4-5H2,1H3. The molecular weight excluding hydrogens is 262 g/mol. The fraction of sp³-hybridized carbons (Fsp3) is 0.214. The Morgan fingerprint density at radius 2 is 2.00 bits per heavy atom. The third-order valence-electron chi connectivity index (χ3n) is 3.22. The Bertz CT molecular complexity index is 767. The lowest BCUT2D eigenvalue weighted by Gasteiger charge is -2.05. The van der Waals surface area contributed by atoms with Gasteiger partial charge in [0.05, 0.1) is 12.0 Å². The van der Waals surface area contributed by atoms with E-state index in [0.29, 0.717) is 18.5 Å². The molecule has 1 aromatic carbocycles. The first-order valence-corrected chi connectivity index (χ1v) is 6.21. The number of imidazole rings is 1. The Hall–Kier alpha value is -2.37. The molecule has 0 saturated carbocycles. The van der Waals surface area contributed by atoms with E-state index in [0.717, 1.165) is 22.9 Å². The van der Waals surface area contributed by atoms with Crippen molar-refractivity contribution >= 4 is 11.2 Å². The maximum Gasteiger partial charge on any atom is 0.163 e. The molecule has 0 aliphatic carbocycles. The molecule has 3 aromatic rings. The average Bonchev–Trinajstić information content (AvgIpc) is 2.83. The molecule has 6 heteroatoms. The van der Waals surface area contributed by atoms with Crippen LogP contribution in [0.4, 0.5) is 8.78 Å². The van der Waals surface area contributed by atoms with Crippen LogP contribution in [0.25, 0.3) is 11.2 Å². The van der Waals surface area contributed by atoms with Crippen molar-refractivity contribution in [3.63, 3.8) is 0 Å². The highest BCUT2D eigenvalue weighted by Gasteiger charge is 2.08. The predicted octanol–water partition coefficient (Wildman–Crippen LogP) is 2.66. The van der Waals surface area contributed by atoms with E-state index in [-0.39, 0.29) is 0 Å². The Morgan fingerprint density at radius 3 is 2.80 bits per heavy atom. The van der Waals surface area contributed by atoms with E-state index in [1.165, 1.54) is 18.5 Å². The van der Waals surface area contributed by atoms with Crippen LogP contribution >= 0.6 is 0 Å². The van der Waals surface area contributed by atoms with Gasteiger partial charge in [0.25, 0.3) is 0 Å². The highest BCUT2D eigenvalue weighted by atomic mass is 19.1. The van der Waals surface area contributed by atoms with Crippen LogP contribution in [0.3, 0.4) is 0 Å². The molecule has 0 saturated heterocycles. The molecule has 4 nitrogen and oxygen atoms in total. The van der Waals surface area contributed by atoms with Crippen molar-refractivity contribution in [3.05, 3.63) is 53.7 Å². The first kappa shape index (κ1) is 12.7. The number of hydrogen-bond acceptors (Lipinski definition) is 3. The van der Waals surface area contributed by atoms with E-state index >= 15 is 0 Å². The minimum Gasteiger partial charge on any atom is -0.315 e. The maximum absolute atomic E-state index is 13.6. The molecule has 0 aliphatic heterocycles. The van der Waals surface area contributed by atoms with Crippen LogP contribution in [0.2, 0.25) is 0 Å². The van der Waals surface area contributed by atoms with E-state index in [1.807, 2.05) is 11.5 Å². The van der Waals surface area contributed by atoms with Crippen LogP contribution < -0.4 is 0 Å². The lowest BCUT2D eigenvalue weighted by Crippen LogP contribution is -2.03. The molecule has 102 valence electrons. The Morgan fingerprint density at radius 1 is 1.15 bits per heavy atom. The zero-order valence-corrected chi connectivity index (χ0v) is 10.8. The summed E-state index contributed by atoms with van der Waals surface area (Å²) >= 11 is 0. The SMILES string of the molecule is Cc1ncnc2c1ncn2CCc1ccc(F)cc1F.